The van der Waals surface area contributed by atoms with Gasteiger partial charge in [-0.3, -0.25) is 0 Å². The van der Waals surface area contributed by atoms with Gasteiger partial charge in [0, 0.05) is 9.97 Å². The van der Waals surface area contributed by atoms with Crippen LogP contribution in [0.2, 0.25) is 0 Å². The zero-order valence-corrected chi connectivity index (χ0v) is 16.7. The molecule has 1 aromatic rings. The van der Waals surface area contributed by atoms with E-state index in [4.69, 9.17) is 9.47 Å². The zero-order chi connectivity index (χ0) is 17.3. The molecule has 132 valence electrons. The van der Waals surface area contributed by atoms with E-state index >= 15 is 0 Å². The molecule has 2 aliphatic rings. The normalized spacial score (nSPS) is 28.0. The average molecular weight is 443 g/mol. The van der Waals surface area contributed by atoms with Crippen LogP contribution >= 0.6 is 22.6 Å². The van der Waals surface area contributed by atoms with E-state index < -0.39 is 0 Å². The number of hydrogen-bond acceptors (Lipinski definition) is 3. The first-order valence-corrected chi connectivity index (χ1v) is 10.1. The molecule has 1 saturated heterocycles. The fraction of sp³-hybridized carbons (Fsp3) is 0.632. The Hall–Kier alpha value is -0.820. The second kappa shape index (κ2) is 7.60. The molecule has 4 unspecified atom stereocenters. The number of fused-ring (bicyclic) bond motifs is 1. The standard InChI is InChI=1S/C19H26INO3/c1-11(2)18(12(3)20)13-4-7-15(8-5-13)23-19(22)21-14-6-9-16-17(10-14)24-16/h4-5,7-8,11-12,14,16-18H,6,9-10H2,1-3H3,(H,21,22)/t12-,14?,16?,17?,18?/m1/s1. The fourth-order valence-electron chi connectivity index (χ4n) is 3.78. The number of carbonyl (C=O) groups is 1. The number of halogens is 1. The SMILES string of the molecule is CC(C)C(c1ccc(OC(=O)NC2CCC3OC3C2)cc1)[C@@H](C)I. The number of epoxide rings is 1. The van der Waals surface area contributed by atoms with Crippen LogP contribution in [0.3, 0.4) is 0 Å². The lowest BCUT2D eigenvalue weighted by atomic mass is 9.86. The Morgan fingerprint density at radius 2 is 1.92 bits per heavy atom. The van der Waals surface area contributed by atoms with Gasteiger partial charge in [-0.1, -0.05) is 55.5 Å². The molecule has 1 heterocycles. The summed E-state index contributed by atoms with van der Waals surface area (Å²) in [6.45, 7) is 6.73. The molecule has 1 amide bonds. The van der Waals surface area contributed by atoms with Gasteiger partial charge in [0.2, 0.25) is 0 Å². The second-order valence-electron chi connectivity index (χ2n) is 7.27. The molecule has 0 aromatic heterocycles. The first-order valence-electron chi connectivity index (χ1n) is 8.82. The smallest absolute Gasteiger partial charge is 0.410 e. The van der Waals surface area contributed by atoms with Crippen LogP contribution in [0.4, 0.5) is 4.79 Å². The Balaban J connectivity index is 1.54. The molecule has 2 fully saturated rings. The summed E-state index contributed by atoms with van der Waals surface area (Å²) in [5.41, 5.74) is 1.30. The van der Waals surface area contributed by atoms with E-state index in [1.54, 1.807) is 0 Å². The summed E-state index contributed by atoms with van der Waals surface area (Å²) in [7, 11) is 0. The molecular formula is C19H26INO3. The average Bonchev–Trinajstić information content (AvgIpc) is 3.27. The van der Waals surface area contributed by atoms with Crippen LogP contribution in [0.5, 0.6) is 5.75 Å². The number of ether oxygens (including phenoxy) is 2. The lowest BCUT2D eigenvalue weighted by molar-refractivity contribution is 0.193. The van der Waals surface area contributed by atoms with Gasteiger partial charge in [-0.25, -0.2) is 4.79 Å². The van der Waals surface area contributed by atoms with E-state index in [1.807, 2.05) is 12.1 Å². The maximum absolute atomic E-state index is 12.1. The van der Waals surface area contributed by atoms with E-state index in [2.05, 4.69) is 60.8 Å². The number of nitrogens with one attached hydrogen (secondary N) is 1. The third-order valence-electron chi connectivity index (χ3n) is 5.01. The summed E-state index contributed by atoms with van der Waals surface area (Å²) >= 11 is 2.48. The molecule has 1 saturated carbocycles. The third kappa shape index (κ3) is 4.42. The van der Waals surface area contributed by atoms with Crippen LogP contribution in [0.1, 0.15) is 51.5 Å². The third-order valence-corrected chi connectivity index (χ3v) is 5.79. The number of hydrogen-bond donors (Lipinski definition) is 1. The van der Waals surface area contributed by atoms with Crippen molar-refractivity contribution in [1.82, 2.24) is 5.32 Å². The summed E-state index contributed by atoms with van der Waals surface area (Å²) in [6.07, 6.45) is 3.35. The van der Waals surface area contributed by atoms with E-state index in [9.17, 15) is 4.79 Å². The Labute approximate surface area is 157 Å². The monoisotopic (exact) mass is 443 g/mol. The number of carbonyl (C=O) groups excluding carboxylic acids is 1. The number of alkyl halides is 1. The van der Waals surface area contributed by atoms with Crippen molar-refractivity contribution in [2.45, 2.75) is 68.1 Å². The topological polar surface area (TPSA) is 50.9 Å². The van der Waals surface area contributed by atoms with Gasteiger partial charge >= 0.3 is 6.09 Å². The van der Waals surface area contributed by atoms with Crippen LogP contribution in [0.15, 0.2) is 24.3 Å². The van der Waals surface area contributed by atoms with Crippen molar-refractivity contribution in [3.8, 4) is 5.75 Å². The van der Waals surface area contributed by atoms with Crippen molar-refractivity contribution in [3.63, 3.8) is 0 Å². The number of amides is 1. The molecule has 3 rings (SSSR count). The maximum Gasteiger partial charge on any atom is 0.412 e. The Morgan fingerprint density at radius 1 is 1.21 bits per heavy atom. The molecule has 24 heavy (non-hydrogen) atoms. The van der Waals surface area contributed by atoms with Gasteiger partial charge in [0.05, 0.1) is 12.2 Å². The van der Waals surface area contributed by atoms with Crippen molar-refractivity contribution in [2.24, 2.45) is 5.92 Å². The maximum atomic E-state index is 12.1. The lowest BCUT2D eigenvalue weighted by Gasteiger charge is -2.24. The van der Waals surface area contributed by atoms with Crippen molar-refractivity contribution in [2.75, 3.05) is 0 Å². The zero-order valence-electron chi connectivity index (χ0n) is 14.5. The minimum absolute atomic E-state index is 0.172. The van der Waals surface area contributed by atoms with Gasteiger partial charge in [0.1, 0.15) is 5.75 Å². The Kier molecular flexibility index (Phi) is 5.70. The lowest BCUT2D eigenvalue weighted by Crippen LogP contribution is -2.39. The van der Waals surface area contributed by atoms with Crippen LogP contribution in [0, 0.1) is 5.92 Å². The van der Waals surface area contributed by atoms with Crippen molar-refractivity contribution >= 4 is 28.7 Å². The fourth-order valence-corrected chi connectivity index (χ4v) is 5.02. The van der Waals surface area contributed by atoms with Crippen LogP contribution in [-0.4, -0.2) is 28.3 Å². The highest BCUT2D eigenvalue weighted by Gasteiger charge is 2.44. The minimum atomic E-state index is -0.366. The molecule has 4 nitrogen and oxygen atoms in total. The quantitative estimate of drug-likeness (QED) is 0.409. The molecule has 0 radical (unpaired) electrons. The van der Waals surface area contributed by atoms with E-state index in [-0.39, 0.29) is 12.1 Å². The van der Waals surface area contributed by atoms with Gasteiger partial charge in [-0.05, 0) is 48.8 Å². The van der Waals surface area contributed by atoms with E-state index in [0.29, 0.717) is 33.7 Å². The van der Waals surface area contributed by atoms with Gasteiger partial charge in [0.25, 0.3) is 0 Å². The van der Waals surface area contributed by atoms with E-state index in [1.165, 1.54) is 5.56 Å². The summed E-state index contributed by atoms with van der Waals surface area (Å²) in [6, 6.07) is 8.11. The van der Waals surface area contributed by atoms with Crippen LogP contribution < -0.4 is 10.1 Å². The molecule has 0 spiro atoms. The van der Waals surface area contributed by atoms with Crippen molar-refractivity contribution < 1.29 is 14.3 Å². The predicted molar refractivity (Wildman–Crippen MR) is 103 cm³/mol. The summed E-state index contributed by atoms with van der Waals surface area (Å²) < 4.78 is 11.5. The summed E-state index contributed by atoms with van der Waals surface area (Å²) in [5, 5.41) is 2.96. The van der Waals surface area contributed by atoms with E-state index in [0.717, 1.165) is 19.3 Å². The Morgan fingerprint density at radius 3 is 2.50 bits per heavy atom. The van der Waals surface area contributed by atoms with Crippen LogP contribution in [-0.2, 0) is 4.74 Å². The first-order chi connectivity index (χ1) is 11.4. The summed E-state index contributed by atoms with van der Waals surface area (Å²) in [4.78, 5) is 12.1. The molecule has 5 atom stereocenters. The largest absolute Gasteiger partial charge is 0.412 e. The first kappa shape index (κ1) is 18.0. The minimum Gasteiger partial charge on any atom is -0.410 e. The van der Waals surface area contributed by atoms with Gasteiger partial charge in [-0.2, -0.15) is 0 Å². The highest BCUT2D eigenvalue weighted by Crippen LogP contribution is 2.36. The molecule has 1 aliphatic heterocycles. The molecule has 1 aromatic carbocycles. The highest BCUT2D eigenvalue weighted by atomic mass is 127. The van der Waals surface area contributed by atoms with Crippen LogP contribution in [0.25, 0.3) is 0 Å². The predicted octanol–water partition coefficient (Wildman–Crippen LogP) is 4.66. The molecular weight excluding hydrogens is 417 g/mol. The summed E-state index contributed by atoms with van der Waals surface area (Å²) in [5.74, 6) is 1.67. The highest BCUT2D eigenvalue weighted by molar-refractivity contribution is 14.1. The second-order valence-corrected chi connectivity index (χ2v) is 9.24. The molecule has 1 aliphatic carbocycles. The van der Waals surface area contributed by atoms with Gasteiger partial charge in [-0.15, -0.1) is 0 Å². The number of benzene rings is 1. The van der Waals surface area contributed by atoms with Gasteiger partial charge in [0.15, 0.2) is 0 Å². The molecule has 0 bridgehead atoms. The van der Waals surface area contributed by atoms with Gasteiger partial charge < -0.3 is 14.8 Å². The van der Waals surface area contributed by atoms with Crippen molar-refractivity contribution in [1.29, 1.82) is 0 Å². The molecule has 5 heteroatoms. The van der Waals surface area contributed by atoms with Crippen molar-refractivity contribution in [3.05, 3.63) is 29.8 Å². The molecule has 1 N–H and O–H groups in total. The number of rotatable bonds is 5. The Bertz CT molecular complexity index is 564.